The van der Waals surface area contributed by atoms with E-state index in [0.29, 0.717) is 17.9 Å². The normalized spacial score (nSPS) is 18.7. The molecule has 0 spiro atoms. The lowest BCUT2D eigenvalue weighted by atomic mass is 10.0. The van der Waals surface area contributed by atoms with Gasteiger partial charge in [-0.15, -0.1) is 10.2 Å². The lowest BCUT2D eigenvalue weighted by Gasteiger charge is -2.33. The lowest BCUT2D eigenvalue weighted by molar-refractivity contribution is -0.143. The second-order valence-electron chi connectivity index (χ2n) is 9.72. The first kappa shape index (κ1) is 24.9. The number of aryl methyl sites for hydroxylation is 1. The summed E-state index contributed by atoms with van der Waals surface area (Å²) in [7, 11) is 0. The topological polar surface area (TPSA) is 136 Å². The van der Waals surface area contributed by atoms with Crippen molar-refractivity contribution in [1.29, 1.82) is 0 Å². The summed E-state index contributed by atoms with van der Waals surface area (Å²) in [4.78, 5) is 30.2. The van der Waals surface area contributed by atoms with Gasteiger partial charge in [-0.2, -0.15) is 4.80 Å². The molecule has 11 nitrogen and oxygen atoms in total. The fourth-order valence-corrected chi connectivity index (χ4v) is 5.01. The molecule has 3 heterocycles. The Hall–Kier alpha value is -3.73. The Labute approximate surface area is 214 Å². The van der Waals surface area contributed by atoms with Crippen molar-refractivity contribution >= 4 is 11.8 Å². The number of nitrogens with one attached hydrogen (secondary N) is 1. The van der Waals surface area contributed by atoms with Crippen molar-refractivity contribution < 1.29 is 23.8 Å². The molecule has 11 heteroatoms. The molecule has 5 rings (SSSR count). The summed E-state index contributed by atoms with van der Waals surface area (Å²) in [6, 6.07) is 9.14. The fourth-order valence-electron chi connectivity index (χ4n) is 5.01. The monoisotopic (exact) mass is 508 g/mol. The first-order valence-electron chi connectivity index (χ1n) is 12.8. The van der Waals surface area contributed by atoms with Gasteiger partial charge in [0.25, 0.3) is 0 Å². The maximum atomic E-state index is 13.8. The number of rotatable bonds is 9. The number of carbonyl (C=O) groups is 2. The van der Waals surface area contributed by atoms with E-state index in [9.17, 15) is 14.7 Å². The van der Waals surface area contributed by atoms with E-state index in [4.69, 9.17) is 9.15 Å². The van der Waals surface area contributed by atoms with Gasteiger partial charge in [0.05, 0.1) is 6.10 Å². The van der Waals surface area contributed by atoms with Gasteiger partial charge in [0.2, 0.25) is 17.6 Å². The maximum Gasteiger partial charge on any atom is 0.247 e. The molecule has 2 aliphatic rings. The van der Waals surface area contributed by atoms with Crippen LogP contribution in [0.5, 0.6) is 5.75 Å². The Kier molecular flexibility index (Phi) is 7.50. The second-order valence-corrected chi connectivity index (χ2v) is 9.72. The highest BCUT2D eigenvalue weighted by molar-refractivity contribution is 5.89. The van der Waals surface area contributed by atoms with Gasteiger partial charge in [0.1, 0.15) is 24.1 Å². The molecule has 1 saturated heterocycles. The van der Waals surface area contributed by atoms with Crippen molar-refractivity contribution in [3.05, 3.63) is 47.7 Å². The highest BCUT2D eigenvalue weighted by Gasteiger charge is 2.35. The minimum atomic E-state index is -0.895. The molecular formula is C26H32N6O5. The lowest BCUT2D eigenvalue weighted by Crippen LogP contribution is -2.49. The molecule has 0 radical (unpaired) electrons. The van der Waals surface area contributed by atoms with E-state index in [0.717, 1.165) is 44.3 Å². The summed E-state index contributed by atoms with van der Waals surface area (Å²) >= 11 is 0. The number of phenolic OH excluding ortho intramolecular Hbond substituents is 1. The third-order valence-electron chi connectivity index (χ3n) is 6.91. The van der Waals surface area contributed by atoms with Crippen LogP contribution in [0.4, 0.5) is 0 Å². The Morgan fingerprint density at radius 1 is 1.14 bits per heavy atom. The van der Waals surface area contributed by atoms with Crippen LogP contribution >= 0.6 is 0 Å². The summed E-state index contributed by atoms with van der Waals surface area (Å²) < 4.78 is 11.4. The van der Waals surface area contributed by atoms with E-state index in [1.807, 2.05) is 6.92 Å². The van der Waals surface area contributed by atoms with E-state index in [1.54, 1.807) is 29.2 Å². The summed E-state index contributed by atoms with van der Waals surface area (Å²) in [5.74, 6) is 0.960. The van der Waals surface area contributed by atoms with Crippen LogP contribution in [-0.4, -0.2) is 67.3 Å². The summed E-state index contributed by atoms with van der Waals surface area (Å²) in [5, 5.41) is 25.3. The molecule has 2 atom stereocenters. The van der Waals surface area contributed by atoms with Crippen LogP contribution in [0.15, 0.2) is 40.8 Å². The van der Waals surface area contributed by atoms with Crippen molar-refractivity contribution in [2.45, 2.75) is 70.2 Å². The third-order valence-corrected chi connectivity index (χ3v) is 6.91. The van der Waals surface area contributed by atoms with Crippen molar-refractivity contribution in [3.8, 4) is 17.3 Å². The summed E-state index contributed by atoms with van der Waals surface area (Å²) in [5.41, 5.74) is 0.609. The standard InChI is InChI=1S/C26H32N6O5/c1-17-8-13-22(37-17)25-28-30-32(29-25)16-23(34)31(15-21-7-4-14-36-21)24(18-9-11-20(33)12-10-18)26(35)27-19-5-2-3-6-19/h8-13,19,21,24,33H,2-7,14-16H2,1H3,(H,27,35)/t21-,24-/m1/s1. The number of phenols is 1. The number of aromatic nitrogens is 4. The van der Waals surface area contributed by atoms with Gasteiger partial charge in [-0.3, -0.25) is 9.59 Å². The first-order valence-corrected chi connectivity index (χ1v) is 12.8. The minimum absolute atomic E-state index is 0.0862. The average Bonchev–Trinajstić information content (AvgIpc) is 3.69. The number of nitrogens with zero attached hydrogens (tertiary/aromatic N) is 5. The predicted octanol–water partition coefficient (Wildman–Crippen LogP) is 2.75. The molecule has 196 valence electrons. The zero-order valence-corrected chi connectivity index (χ0v) is 20.9. The number of amides is 2. The number of ether oxygens (including phenoxy) is 1. The van der Waals surface area contributed by atoms with Gasteiger partial charge in [0.15, 0.2) is 5.76 Å². The van der Waals surface area contributed by atoms with E-state index in [2.05, 4.69) is 20.7 Å². The zero-order valence-electron chi connectivity index (χ0n) is 20.9. The predicted molar refractivity (Wildman–Crippen MR) is 132 cm³/mol. The second kappa shape index (κ2) is 11.1. The van der Waals surface area contributed by atoms with Crippen LogP contribution in [0.1, 0.15) is 55.9 Å². The highest BCUT2D eigenvalue weighted by atomic mass is 16.5. The number of furan rings is 1. The van der Waals surface area contributed by atoms with Gasteiger partial charge in [-0.1, -0.05) is 25.0 Å². The Bertz CT molecular complexity index is 1210. The molecule has 1 aliphatic carbocycles. The van der Waals surface area contributed by atoms with Crippen molar-refractivity contribution in [3.63, 3.8) is 0 Å². The summed E-state index contributed by atoms with van der Waals surface area (Å²) in [6.07, 6.45) is 5.53. The molecule has 1 aromatic carbocycles. The van der Waals surface area contributed by atoms with Crippen LogP contribution in [0.2, 0.25) is 0 Å². The zero-order chi connectivity index (χ0) is 25.8. The van der Waals surface area contributed by atoms with Crippen LogP contribution < -0.4 is 5.32 Å². The highest BCUT2D eigenvalue weighted by Crippen LogP contribution is 2.28. The molecule has 2 fully saturated rings. The van der Waals surface area contributed by atoms with Gasteiger partial charge in [0, 0.05) is 19.2 Å². The number of hydrogen-bond donors (Lipinski definition) is 2. The molecule has 1 aliphatic heterocycles. The van der Waals surface area contributed by atoms with Crippen LogP contribution in [0.3, 0.4) is 0 Å². The van der Waals surface area contributed by atoms with E-state index >= 15 is 0 Å². The van der Waals surface area contributed by atoms with Crippen LogP contribution in [0, 0.1) is 6.92 Å². The smallest absolute Gasteiger partial charge is 0.247 e. The maximum absolute atomic E-state index is 13.8. The Balaban J connectivity index is 1.42. The van der Waals surface area contributed by atoms with E-state index in [1.165, 1.54) is 16.9 Å². The van der Waals surface area contributed by atoms with Gasteiger partial charge >= 0.3 is 0 Å². The molecule has 3 aromatic rings. The molecule has 2 N–H and O–H groups in total. The molecule has 2 aromatic heterocycles. The van der Waals surface area contributed by atoms with E-state index < -0.39 is 6.04 Å². The number of benzene rings is 1. The molecule has 1 saturated carbocycles. The fraction of sp³-hybridized carbons (Fsp3) is 0.500. The Morgan fingerprint density at radius 2 is 1.92 bits per heavy atom. The third kappa shape index (κ3) is 5.99. The minimum Gasteiger partial charge on any atom is -0.508 e. The van der Waals surface area contributed by atoms with Crippen molar-refractivity contribution in [2.24, 2.45) is 0 Å². The van der Waals surface area contributed by atoms with Gasteiger partial charge < -0.3 is 24.5 Å². The van der Waals surface area contributed by atoms with Crippen molar-refractivity contribution in [2.75, 3.05) is 13.2 Å². The van der Waals surface area contributed by atoms with Crippen LogP contribution in [0.25, 0.3) is 11.6 Å². The molecule has 37 heavy (non-hydrogen) atoms. The number of carbonyl (C=O) groups excluding carboxylic acids is 2. The Morgan fingerprint density at radius 3 is 2.59 bits per heavy atom. The SMILES string of the molecule is Cc1ccc(-c2nnn(CC(=O)N(C[C@H]3CCCO3)[C@@H](C(=O)NC3CCCC3)c3ccc(O)cc3)n2)o1. The average molecular weight is 509 g/mol. The number of tetrazole rings is 1. The number of hydrogen-bond acceptors (Lipinski definition) is 8. The molecule has 2 amide bonds. The first-order chi connectivity index (χ1) is 18.0. The molecule has 0 bridgehead atoms. The largest absolute Gasteiger partial charge is 0.508 e. The summed E-state index contributed by atoms with van der Waals surface area (Å²) in [6.45, 7) is 2.49. The van der Waals surface area contributed by atoms with Crippen LogP contribution in [-0.2, 0) is 20.9 Å². The quantitative estimate of drug-likeness (QED) is 0.450. The molecular weight excluding hydrogens is 476 g/mol. The van der Waals surface area contributed by atoms with Crippen molar-refractivity contribution in [1.82, 2.24) is 30.4 Å². The number of aromatic hydroxyl groups is 1. The van der Waals surface area contributed by atoms with Gasteiger partial charge in [-0.25, -0.2) is 0 Å². The van der Waals surface area contributed by atoms with Gasteiger partial charge in [-0.05, 0) is 67.6 Å². The van der Waals surface area contributed by atoms with E-state index in [-0.39, 0.29) is 48.6 Å². The molecule has 0 unspecified atom stereocenters.